The molecule has 2 fully saturated rings. The smallest absolute Gasteiger partial charge is 0.227 e. The van der Waals surface area contributed by atoms with Crippen molar-refractivity contribution in [3.8, 4) is 0 Å². The molecule has 0 radical (unpaired) electrons. The van der Waals surface area contributed by atoms with E-state index in [2.05, 4.69) is 10.6 Å². The van der Waals surface area contributed by atoms with Gasteiger partial charge in [0.2, 0.25) is 11.8 Å². The van der Waals surface area contributed by atoms with Crippen LogP contribution in [0.2, 0.25) is 5.02 Å². The Morgan fingerprint density at radius 3 is 2.42 bits per heavy atom. The lowest BCUT2D eigenvalue weighted by Gasteiger charge is -2.27. The van der Waals surface area contributed by atoms with Crippen molar-refractivity contribution in [2.75, 3.05) is 18.5 Å². The van der Waals surface area contributed by atoms with Crippen molar-refractivity contribution in [1.82, 2.24) is 5.32 Å². The molecular formula is C19H24ClFN2O3. The molecule has 0 spiro atoms. The van der Waals surface area contributed by atoms with Gasteiger partial charge >= 0.3 is 0 Å². The summed E-state index contributed by atoms with van der Waals surface area (Å²) in [6.45, 7) is 1.35. The maximum atomic E-state index is 13.2. The summed E-state index contributed by atoms with van der Waals surface area (Å²) in [4.78, 5) is 24.6. The van der Waals surface area contributed by atoms with Gasteiger partial charge < -0.3 is 15.4 Å². The van der Waals surface area contributed by atoms with Gasteiger partial charge in [0.15, 0.2) is 0 Å². The molecule has 1 heterocycles. The van der Waals surface area contributed by atoms with Crippen molar-refractivity contribution in [2.24, 2.45) is 11.8 Å². The van der Waals surface area contributed by atoms with Crippen LogP contribution in [0.3, 0.4) is 0 Å². The molecule has 1 aliphatic carbocycles. The number of hydrogen-bond donors (Lipinski definition) is 2. The number of ether oxygens (including phenoxy) is 1. The van der Waals surface area contributed by atoms with Gasteiger partial charge in [-0.1, -0.05) is 11.6 Å². The minimum Gasteiger partial charge on any atom is -0.376 e. The number of benzene rings is 1. The highest BCUT2D eigenvalue weighted by Gasteiger charge is 2.30. The van der Waals surface area contributed by atoms with E-state index in [4.69, 9.17) is 16.3 Å². The number of hydrogen-bond acceptors (Lipinski definition) is 3. The average Bonchev–Trinajstić information content (AvgIpc) is 3.16. The third-order valence-corrected chi connectivity index (χ3v) is 5.47. The molecule has 1 aliphatic heterocycles. The summed E-state index contributed by atoms with van der Waals surface area (Å²) in [5.74, 6) is -0.739. The average molecular weight is 383 g/mol. The van der Waals surface area contributed by atoms with Gasteiger partial charge in [0.1, 0.15) is 5.82 Å². The topological polar surface area (TPSA) is 67.4 Å². The first-order valence-electron chi connectivity index (χ1n) is 9.18. The van der Waals surface area contributed by atoms with Crippen LogP contribution in [0.4, 0.5) is 10.1 Å². The lowest BCUT2D eigenvalue weighted by Crippen LogP contribution is -2.38. The fourth-order valence-corrected chi connectivity index (χ4v) is 3.78. The fraction of sp³-hybridized carbons (Fsp3) is 0.579. The third kappa shape index (κ3) is 4.95. The zero-order valence-electron chi connectivity index (χ0n) is 14.6. The number of rotatable bonds is 5. The molecule has 1 aromatic carbocycles. The maximum absolute atomic E-state index is 13.2. The van der Waals surface area contributed by atoms with Crippen LogP contribution in [0, 0.1) is 17.7 Å². The zero-order valence-corrected chi connectivity index (χ0v) is 15.4. The predicted octanol–water partition coefficient (Wildman–Crippen LogP) is 3.52. The number of amides is 2. The predicted molar refractivity (Wildman–Crippen MR) is 97.5 cm³/mol. The quantitative estimate of drug-likeness (QED) is 0.818. The Balaban J connectivity index is 1.42. The van der Waals surface area contributed by atoms with Gasteiger partial charge in [0.25, 0.3) is 0 Å². The number of carbonyl (C=O) groups excluding carboxylic acids is 2. The summed E-state index contributed by atoms with van der Waals surface area (Å²) < 4.78 is 18.7. The van der Waals surface area contributed by atoms with Gasteiger partial charge in [-0.05, 0) is 56.7 Å². The van der Waals surface area contributed by atoms with Crippen LogP contribution in [-0.2, 0) is 14.3 Å². The Hall–Kier alpha value is -1.66. The molecule has 1 saturated carbocycles. The Morgan fingerprint density at radius 2 is 1.81 bits per heavy atom. The first kappa shape index (κ1) is 19.1. The molecule has 26 heavy (non-hydrogen) atoms. The van der Waals surface area contributed by atoms with E-state index in [0.717, 1.165) is 19.4 Å². The van der Waals surface area contributed by atoms with Gasteiger partial charge in [-0.25, -0.2) is 4.39 Å². The molecule has 0 aromatic heterocycles. The van der Waals surface area contributed by atoms with Crippen molar-refractivity contribution in [3.05, 3.63) is 29.0 Å². The Bertz CT molecular complexity index is 656. The summed E-state index contributed by atoms with van der Waals surface area (Å²) >= 11 is 5.73. The largest absolute Gasteiger partial charge is 0.376 e. The van der Waals surface area contributed by atoms with Crippen molar-refractivity contribution in [1.29, 1.82) is 0 Å². The molecule has 2 amide bonds. The standard InChI is InChI=1S/C19H24ClFN2O3/c20-16-10-14(7-8-17(16)21)23-19(25)13-5-3-12(4-6-13)18(24)22-11-15-2-1-9-26-15/h7-8,10,12-13,15H,1-6,9,11H2,(H,22,24)(H,23,25). The summed E-state index contributed by atoms with van der Waals surface area (Å²) in [7, 11) is 0. The Morgan fingerprint density at radius 1 is 1.12 bits per heavy atom. The molecule has 1 unspecified atom stereocenters. The third-order valence-electron chi connectivity index (χ3n) is 5.18. The fourth-order valence-electron chi connectivity index (χ4n) is 3.60. The van der Waals surface area contributed by atoms with Crippen LogP contribution in [0.1, 0.15) is 38.5 Å². The van der Waals surface area contributed by atoms with E-state index >= 15 is 0 Å². The van der Waals surface area contributed by atoms with Gasteiger partial charge in [0, 0.05) is 30.7 Å². The highest BCUT2D eigenvalue weighted by atomic mass is 35.5. The number of carbonyl (C=O) groups is 2. The van der Waals surface area contributed by atoms with E-state index in [-0.39, 0.29) is 34.8 Å². The number of anilines is 1. The second-order valence-electron chi connectivity index (χ2n) is 7.05. The number of nitrogens with one attached hydrogen (secondary N) is 2. The molecule has 142 valence electrons. The summed E-state index contributed by atoms with van der Waals surface area (Å²) in [5, 5.41) is 5.73. The highest BCUT2D eigenvalue weighted by Crippen LogP contribution is 2.30. The molecule has 1 aromatic rings. The van der Waals surface area contributed by atoms with Crippen molar-refractivity contribution >= 4 is 29.1 Å². The van der Waals surface area contributed by atoms with E-state index in [1.807, 2.05) is 0 Å². The molecular weight excluding hydrogens is 359 g/mol. The van der Waals surface area contributed by atoms with E-state index in [9.17, 15) is 14.0 Å². The molecule has 3 rings (SSSR count). The van der Waals surface area contributed by atoms with Crippen LogP contribution < -0.4 is 10.6 Å². The van der Waals surface area contributed by atoms with E-state index in [1.165, 1.54) is 18.2 Å². The minimum atomic E-state index is -0.515. The highest BCUT2D eigenvalue weighted by molar-refractivity contribution is 6.31. The van der Waals surface area contributed by atoms with Gasteiger partial charge in [-0.2, -0.15) is 0 Å². The van der Waals surface area contributed by atoms with E-state index in [0.29, 0.717) is 37.9 Å². The molecule has 1 saturated heterocycles. The van der Waals surface area contributed by atoms with Crippen molar-refractivity contribution in [3.63, 3.8) is 0 Å². The normalized spacial score (nSPS) is 25.7. The summed E-state index contributed by atoms with van der Waals surface area (Å²) in [5.41, 5.74) is 0.484. The zero-order chi connectivity index (χ0) is 18.5. The van der Waals surface area contributed by atoms with Crippen LogP contribution in [0.5, 0.6) is 0 Å². The molecule has 2 N–H and O–H groups in total. The van der Waals surface area contributed by atoms with Crippen LogP contribution in [0.25, 0.3) is 0 Å². The summed E-state index contributed by atoms with van der Waals surface area (Å²) in [6.07, 6.45) is 4.92. The first-order chi connectivity index (χ1) is 12.5. The van der Waals surface area contributed by atoms with E-state index < -0.39 is 5.82 Å². The minimum absolute atomic E-state index is 0.0191. The van der Waals surface area contributed by atoms with Crippen LogP contribution in [0.15, 0.2) is 18.2 Å². The molecule has 2 aliphatic rings. The molecule has 0 bridgehead atoms. The monoisotopic (exact) mass is 382 g/mol. The second kappa shape index (κ2) is 8.82. The van der Waals surface area contributed by atoms with Crippen LogP contribution >= 0.6 is 11.6 Å². The second-order valence-corrected chi connectivity index (χ2v) is 7.45. The molecule has 1 atom stereocenters. The maximum Gasteiger partial charge on any atom is 0.227 e. The Labute approximate surface area is 157 Å². The van der Waals surface area contributed by atoms with Crippen LogP contribution in [-0.4, -0.2) is 31.1 Å². The SMILES string of the molecule is O=C(NCC1CCCO1)C1CCC(C(=O)Nc2ccc(F)c(Cl)c2)CC1. The van der Waals surface area contributed by atoms with Gasteiger partial charge in [-0.15, -0.1) is 0 Å². The summed E-state index contributed by atoms with van der Waals surface area (Å²) in [6, 6.07) is 4.12. The van der Waals surface area contributed by atoms with Gasteiger partial charge in [0.05, 0.1) is 11.1 Å². The van der Waals surface area contributed by atoms with Crippen molar-refractivity contribution in [2.45, 2.75) is 44.6 Å². The lowest BCUT2D eigenvalue weighted by molar-refractivity contribution is -0.128. The van der Waals surface area contributed by atoms with Crippen molar-refractivity contribution < 1.29 is 18.7 Å². The molecule has 7 heteroatoms. The van der Waals surface area contributed by atoms with Gasteiger partial charge in [-0.3, -0.25) is 9.59 Å². The van der Waals surface area contributed by atoms with E-state index in [1.54, 1.807) is 0 Å². The first-order valence-corrected chi connectivity index (χ1v) is 9.56. The molecule has 5 nitrogen and oxygen atoms in total. The lowest BCUT2D eigenvalue weighted by atomic mass is 9.81. The number of halogens is 2. The Kier molecular flexibility index (Phi) is 6.48.